The molecule has 1 saturated heterocycles. The number of benzene rings is 2. The van der Waals surface area contributed by atoms with E-state index in [0.29, 0.717) is 16.4 Å². The Kier molecular flexibility index (Phi) is 7.39. The first-order valence-corrected chi connectivity index (χ1v) is 13.2. The average molecular weight is 532 g/mol. The molecule has 5 rings (SSSR count). The molecule has 0 bridgehead atoms. The zero-order valence-electron chi connectivity index (χ0n) is 20.4. The second kappa shape index (κ2) is 10.7. The molecule has 0 radical (unpaired) electrons. The highest BCUT2D eigenvalue weighted by atomic mass is 32.1. The van der Waals surface area contributed by atoms with Crippen LogP contribution in [0.3, 0.4) is 0 Å². The molecule has 37 heavy (non-hydrogen) atoms. The number of H-pyrrole nitrogens is 1. The Bertz CT molecular complexity index is 1420. The second-order valence-electron chi connectivity index (χ2n) is 9.51. The summed E-state index contributed by atoms with van der Waals surface area (Å²) in [6.07, 6.45) is -0.487. The SMILES string of the molecule is Cc1cc(CCN(CCC2CCOCC2)c2cc3ccc(C(F)(F)F)cc3s2)ccc1-c1noc(=O)[nH]1. The minimum Gasteiger partial charge on any atom is -0.381 e. The van der Waals surface area contributed by atoms with E-state index in [2.05, 4.69) is 25.6 Å². The summed E-state index contributed by atoms with van der Waals surface area (Å²) in [6, 6.07) is 12.0. The van der Waals surface area contributed by atoms with Crippen molar-refractivity contribution in [1.29, 1.82) is 0 Å². The third kappa shape index (κ3) is 6.07. The molecule has 0 amide bonds. The van der Waals surface area contributed by atoms with Gasteiger partial charge in [-0.25, -0.2) is 4.79 Å². The lowest BCUT2D eigenvalue weighted by atomic mass is 9.96. The molecular formula is C27H28F3N3O3S. The van der Waals surface area contributed by atoms with Crippen LogP contribution in [-0.4, -0.2) is 36.4 Å². The normalized spacial score (nSPS) is 14.9. The van der Waals surface area contributed by atoms with Gasteiger partial charge in [0.2, 0.25) is 0 Å². The van der Waals surface area contributed by atoms with Crippen molar-refractivity contribution in [2.45, 2.75) is 38.8 Å². The summed E-state index contributed by atoms with van der Waals surface area (Å²) in [4.78, 5) is 16.2. The Hall–Kier alpha value is -3.11. The zero-order valence-corrected chi connectivity index (χ0v) is 21.3. The van der Waals surface area contributed by atoms with E-state index >= 15 is 0 Å². The van der Waals surface area contributed by atoms with Crippen LogP contribution in [0.2, 0.25) is 0 Å². The number of ether oxygens (including phenoxy) is 1. The Morgan fingerprint density at radius 2 is 1.92 bits per heavy atom. The Balaban J connectivity index is 1.35. The molecule has 0 spiro atoms. The molecule has 196 valence electrons. The number of anilines is 1. The third-order valence-corrected chi connectivity index (χ3v) is 8.11. The van der Waals surface area contributed by atoms with Gasteiger partial charge in [0, 0.05) is 36.6 Å². The number of nitrogens with one attached hydrogen (secondary N) is 1. The molecule has 4 aromatic rings. The second-order valence-corrected chi connectivity index (χ2v) is 10.6. The van der Waals surface area contributed by atoms with Crippen LogP contribution in [0.25, 0.3) is 21.5 Å². The van der Waals surface area contributed by atoms with E-state index in [1.54, 1.807) is 6.07 Å². The predicted octanol–water partition coefficient (Wildman–Crippen LogP) is 6.44. The van der Waals surface area contributed by atoms with Gasteiger partial charge in [0.25, 0.3) is 0 Å². The van der Waals surface area contributed by atoms with Gasteiger partial charge in [-0.2, -0.15) is 13.2 Å². The number of aryl methyl sites for hydroxylation is 1. The maximum atomic E-state index is 13.2. The lowest BCUT2D eigenvalue weighted by Gasteiger charge is -2.28. The topological polar surface area (TPSA) is 71.4 Å². The van der Waals surface area contributed by atoms with Crippen LogP contribution in [0.1, 0.15) is 36.0 Å². The maximum Gasteiger partial charge on any atom is 0.439 e. The lowest BCUT2D eigenvalue weighted by Crippen LogP contribution is -2.29. The summed E-state index contributed by atoms with van der Waals surface area (Å²) >= 11 is 1.41. The molecule has 2 aromatic carbocycles. The monoisotopic (exact) mass is 531 g/mol. The molecule has 1 aliphatic rings. The molecule has 1 fully saturated rings. The molecule has 0 atom stereocenters. The fourth-order valence-corrected chi connectivity index (χ4v) is 5.97. The van der Waals surface area contributed by atoms with E-state index in [9.17, 15) is 18.0 Å². The maximum absolute atomic E-state index is 13.2. The van der Waals surface area contributed by atoms with Gasteiger partial charge in [0.1, 0.15) is 0 Å². The number of rotatable bonds is 8. The first-order chi connectivity index (χ1) is 17.8. The molecule has 0 saturated carbocycles. The third-order valence-electron chi connectivity index (χ3n) is 6.95. The molecule has 10 heteroatoms. The van der Waals surface area contributed by atoms with Crippen molar-refractivity contribution in [2.24, 2.45) is 5.92 Å². The van der Waals surface area contributed by atoms with Crippen LogP contribution in [0.5, 0.6) is 0 Å². The smallest absolute Gasteiger partial charge is 0.381 e. The Labute approximate surface area is 216 Å². The minimum atomic E-state index is -4.36. The van der Waals surface area contributed by atoms with Crippen molar-refractivity contribution in [3.05, 3.63) is 69.7 Å². The summed E-state index contributed by atoms with van der Waals surface area (Å²) in [7, 11) is 0. The number of hydrogen-bond acceptors (Lipinski definition) is 6. The van der Waals surface area contributed by atoms with E-state index in [1.807, 2.05) is 25.1 Å². The average Bonchev–Trinajstić information content (AvgIpc) is 3.50. The zero-order chi connectivity index (χ0) is 26.0. The van der Waals surface area contributed by atoms with Gasteiger partial charge in [0.05, 0.1) is 10.6 Å². The molecule has 0 unspecified atom stereocenters. The van der Waals surface area contributed by atoms with Crippen LogP contribution in [0.15, 0.2) is 51.8 Å². The number of thiophene rings is 1. The van der Waals surface area contributed by atoms with E-state index < -0.39 is 17.5 Å². The van der Waals surface area contributed by atoms with Crippen LogP contribution >= 0.6 is 11.3 Å². The lowest BCUT2D eigenvalue weighted by molar-refractivity contribution is -0.137. The van der Waals surface area contributed by atoms with Crippen molar-refractivity contribution >= 4 is 26.4 Å². The van der Waals surface area contributed by atoms with Gasteiger partial charge in [-0.1, -0.05) is 29.4 Å². The van der Waals surface area contributed by atoms with Gasteiger partial charge < -0.3 is 9.64 Å². The molecule has 1 aliphatic heterocycles. The highest BCUT2D eigenvalue weighted by Gasteiger charge is 2.30. The molecule has 0 aliphatic carbocycles. The van der Waals surface area contributed by atoms with E-state index in [1.165, 1.54) is 17.4 Å². The standard InChI is InChI=1S/C27H28F3N3O3S/c1-17-14-19(2-5-22(17)25-31-26(34)36-32-25)7-11-33(10-6-18-8-12-35-13-9-18)24-15-20-3-4-21(27(28,29)30)16-23(20)37-24/h2-5,14-16,18H,6-13H2,1H3,(H,31,32,34). The number of aromatic amines is 1. The van der Waals surface area contributed by atoms with Crippen molar-refractivity contribution in [1.82, 2.24) is 10.1 Å². The molecular weight excluding hydrogens is 503 g/mol. The summed E-state index contributed by atoms with van der Waals surface area (Å²) < 4.78 is 50.5. The Morgan fingerprint density at radius 1 is 1.11 bits per heavy atom. The minimum absolute atomic E-state index is 0.399. The molecule has 3 heterocycles. The quantitative estimate of drug-likeness (QED) is 0.283. The van der Waals surface area contributed by atoms with Crippen molar-refractivity contribution < 1.29 is 22.4 Å². The summed E-state index contributed by atoms with van der Waals surface area (Å²) in [6.45, 7) is 5.11. The van der Waals surface area contributed by atoms with Crippen LogP contribution in [-0.2, 0) is 17.3 Å². The predicted molar refractivity (Wildman–Crippen MR) is 138 cm³/mol. The number of nitrogens with zero attached hydrogens (tertiary/aromatic N) is 2. The number of aromatic nitrogens is 2. The number of alkyl halides is 3. The fraction of sp³-hybridized carbons (Fsp3) is 0.407. The van der Waals surface area contributed by atoms with Gasteiger partial charge in [-0.15, -0.1) is 11.3 Å². The fourth-order valence-electron chi connectivity index (χ4n) is 4.81. The number of fused-ring (bicyclic) bond motifs is 1. The summed E-state index contributed by atoms with van der Waals surface area (Å²) in [5.41, 5.74) is 2.28. The van der Waals surface area contributed by atoms with Crippen molar-refractivity contribution in [3.8, 4) is 11.4 Å². The van der Waals surface area contributed by atoms with Crippen molar-refractivity contribution in [2.75, 3.05) is 31.2 Å². The van der Waals surface area contributed by atoms with E-state index in [-0.39, 0.29) is 0 Å². The molecule has 2 aromatic heterocycles. The van der Waals surface area contributed by atoms with Gasteiger partial charge >= 0.3 is 11.9 Å². The summed E-state index contributed by atoms with van der Waals surface area (Å²) in [5, 5.41) is 5.58. The van der Waals surface area contributed by atoms with Crippen molar-refractivity contribution in [3.63, 3.8) is 0 Å². The largest absolute Gasteiger partial charge is 0.439 e. The summed E-state index contributed by atoms with van der Waals surface area (Å²) in [5.74, 6) is 0.397. The highest BCUT2D eigenvalue weighted by molar-refractivity contribution is 7.22. The van der Waals surface area contributed by atoms with E-state index in [4.69, 9.17) is 4.74 Å². The number of hydrogen-bond donors (Lipinski definition) is 1. The number of halogens is 3. The van der Waals surface area contributed by atoms with Crippen LogP contribution in [0.4, 0.5) is 18.2 Å². The van der Waals surface area contributed by atoms with E-state index in [0.717, 1.165) is 85.1 Å². The molecule has 6 nitrogen and oxygen atoms in total. The first kappa shape index (κ1) is 25.5. The van der Waals surface area contributed by atoms with Gasteiger partial charge in [-0.05, 0) is 73.2 Å². The van der Waals surface area contributed by atoms with Gasteiger partial charge in [-0.3, -0.25) is 9.51 Å². The molecule has 1 N–H and O–H groups in total. The van der Waals surface area contributed by atoms with Gasteiger partial charge in [0.15, 0.2) is 5.82 Å². The highest BCUT2D eigenvalue weighted by Crippen LogP contribution is 2.38. The first-order valence-electron chi connectivity index (χ1n) is 12.4. The Morgan fingerprint density at radius 3 is 2.62 bits per heavy atom. The van der Waals surface area contributed by atoms with Crippen LogP contribution < -0.4 is 10.7 Å². The van der Waals surface area contributed by atoms with Crippen LogP contribution in [0, 0.1) is 12.8 Å².